The quantitative estimate of drug-likeness (QED) is 0.844. The Labute approximate surface area is 132 Å². The number of nitrogens with two attached hydrogens (primary N) is 1. The number of carbonyl (C=O) groups excluding carboxylic acids is 1. The van der Waals surface area contributed by atoms with Crippen molar-refractivity contribution in [3.05, 3.63) is 44.5 Å². The average Bonchev–Trinajstić information content (AvgIpc) is 2.73. The number of rotatable bonds is 6. The Morgan fingerprint density at radius 1 is 1.32 bits per heavy atom. The van der Waals surface area contributed by atoms with Gasteiger partial charge < -0.3 is 15.8 Å². The van der Waals surface area contributed by atoms with Gasteiger partial charge in [0, 0.05) is 22.8 Å². The zero-order chi connectivity index (χ0) is 16.1. The molecule has 1 amide bonds. The van der Waals surface area contributed by atoms with E-state index in [1.54, 1.807) is 24.3 Å². The Balaban J connectivity index is 1.98. The molecule has 0 fully saturated rings. The van der Waals surface area contributed by atoms with Crippen LogP contribution in [0.4, 0.5) is 5.69 Å². The molecule has 118 valence electrons. The van der Waals surface area contributed by atoms with Crippen molar-refractivity contribution in [3.8, 4) is 5.75 Å². The second-order valence-corrected chi connectivity index (χ2v) is 5.97. The summed E-state index contributed by atoms with van der Waals surface area (Å²) in [7, 11) is 0. The summed E-state index contributed by atoms with van der Waals surface area (Å²) in [6, 6.07) is 7.02. The van der Waals surface area contributed by atoms with Crippen molar-refractivity contribution in [2.75, 3.05) is 18.5 Å². The number of thiazole rings is 1. The molecule has 2 aromatic rings. The number of amides is 1. The number of hydrogen-bond donors (Lipinski definition) is 2. The minimum Gasteiger partial charge on any atom is -0.492 e. The molecule has 1 heterocycles. The number of carbonyl (C=O) groups is 1. The lowest BCUT2D eigenvalue weighted by Crippen LogP contribution is -2.25. The SMILES string of the molecule is Cc1sc(=O)n(CC(=O)Nc2ccc(OCCN)cc2)c1C. The van der Waals surface area contributed by atoms with Gasteiger partial charge in [0.15, 0.2) is 0 Å². The van der Waals surface area contributed by atoms with Crippen molar-refractivity contribution in [2.45, 2.75) is 20.4 Å². The summed E-state index contributed by atoms with van der Waals surface area (Å²) >= 11 is 1.15. The molecule has 0 spiro atoms. The van der Waals surface area contributed by atoms with Gasteiger partial charge in [-0.15, -0.1) is 0 Å². The molecule has 0 radical (unpaired) electrons. The Morgan fingerprint density at radius 3 is 2.55 bits per heavy atom. The fourth-order valence-electron chi connectivity index (χ4n) is 1.93. The smallest absolute Gasteiger partial charge is 0.308 e. The van der Waals surface area contributed by atoms with Gasteiger partial charge in [0.25, 0.3) is 0 Å². The molecule has 0 bridgehead atoms. The average molecular weight is 321 g/mol. The minimum atomic E-state index is -0.237. The van der Waals surface area contributed by atoms with Crippen LogP contribution in [0.3, 0.4) is 0 Å². The Hall–Kier alpha value is -2.12. The molecule has 0 aliphatic rings. The summed E-state index contributed by atoms with van der Waals surface area (Å²) < 4.78 is 6.84. The van der Waals surface area contributed by atoms with E-state index in [2.05, 4.69) is 5.32 Å². The summed E-state index contributed by atoms with van der Waals surface area (Å²) in [5, 5.41) is 2.76. The molecule has 1 aromatic carbocycles. The first kappa shape index (κ1) is 16.3. The molecular weight excluding hydrogens is 302 g/mol. The van der Waals surface area contributed by atoms with E-state index in [0.717, 1.165) is 21.9 Å². The van der Waals surface area contributed by atoms with Gasteiger partial charge in [-0.05, 0) is 38.1 Å². The molecule has 0 atom stereocenters. The summed E-state index contributed by atoms with van der Waals surface area (Å²) in [6.07, 6.45) is 0. The predicted octanol–water partition coefficient (Wildman–Crippen LogP) is 1.50. The highest BCUT2D eigenvalue weighted by Gasteiger charge is 2.11. The van der Waals surface area contributed by atoms with Gasteiger partial charge >= 0.3 is 4.87 Å². The molecule has 22 heavy (non-hydrogen) atoms. The van der Waals surface area contributed by atoms with Gasteiger partial charge in [-0.3, -0.25) is 14.2 Å². The fourth-order valence-corrected chi connectivity index (χ4v) is 2.76. The van der Waals surface area contributed by atoms with Crippen molar-refractivity contribution in [2.24, 2.45) is 5.73 Å². The molecule has 2 rings (SSSR count). The first-order valence-corrected chi connectivity index (χ1v) is 7.72. The molecule has 0 unspecified atom stereocenters. The Bertz CT molecular complexity index is 704. The molecule has 0 saturated heterocycles. The number of ether oxygens (including phenoxy) is 1. The maximum absolute atomic E-state index is 12.0. The normalized spacial score (nSPS) is 10.5. The van der Waals surface area contributed by atoms with Crippen LogP contribution < -0.4 is 20.7 Å². The third-order valence-electron chi connectivity index (χ3n) is 3.20. The van der Waals surface area contributed by atoms with E-state index < -0.39 is 0 Å². The highest BCUT2D eigenvalue weighted by atomic mass is 32.1. The molecule has 1 aromatic heterocycles. The van der Waals surface area contributed by atoms with E-state index in [1.807, 2.05) is 13.8 Å². The number of nitrogens with zero attached hydrogens (tertiary/aromatic N) is 1. The van der Waals surface area contributed by atoms with Gasteiger partial charge in [-0.25, -0.2) is 0 Å². The van der Waals surface area contributed by atoms with E-state index in [4.69, 9.17) is 10.5 Å². The van der Waals surface area contributed by atoms with Gasteiger partial charge in [0.05, 0.1) is 0 Å². The Kier molecular flexibility index (Phi) is 5.35. The van der Waals surface area contributed by atoms with Crippen molar-refractivity contribution >= 4 is 22.9 Å². The monoisotopic (exact) mass is 321 g/mol. The topological polar surface area (TPSA) is 86.3 Å². The molecule has 0 aliphatic heterocycles. The second-order valence-electron chi connectivity index (χ2n) is 4.81. The van der Waals surface area contributed by atoms with E-state index in [0.29, 0.717) is 24.6 Å². The number of hydrogen-bond acceptors (Lipinski definition) is 5. The molecule has 3 N–H and O–H groups in total. The molecular formula is C15H19N3O3S. The highest BCUT2D eigenvalue weighted by molar-refractivity contribution is 7.09. The minimum absolute atomic E-state index is 0.0143. The van der Waals surface area contributed by atoms with Crippen LogP contribution in [0.2, 0.25) is 0 Å². The lowest BCUT2D eigenvalue weighted by molar-refractivity contribution is -0.116. The molecule has 6 nitrogen and oxygen atoms in total. The van der Waals surface area contributed by atoms with Crippen LogP contribution in [0.5, 0.6) is 5.75 Å². The maximum atomic E-state index is 12.0. The van der Waals surface area contributed by atoms with Crippen LogP contribution in [-0.2, 0) is 11.3 Å². The number of aromatic nitrogens is 1. The lowest BCUT2D eigenvalue weighted by Gasteiger charge is -2.08. The largest absolute Gasteiger partial charge is 0.492 e. The van der Waals surface area contributed by atoms with Crippen LogP contribution in [-0.4, -0.2) is 23.6 Å². The van der Waals surface area contributed by atoms with Crippen molar-refractivity contribution in [3.63, 3.8) is 0 Å². The van der Waals surface area contributed by atoms with Gasteiger partial charge in [0.2, 0.25) is 5.91 Å². The lowest BCUT2D eigenvalue weighted by atomic mass is 10.3. The standard InChI is InChI=1S/C15H19N3O3S/c1-10-11(2)22-15(20)18(10)9-14(19)17-12-3-5-13(6-4-12)21-8-7-16/h3-6H,7-9,16H2,1-2H3,(H,17,19). The number of aryl methyl sites for hydroxylation is 1. The Morgan fingerprint density at radius 2 is 2.00 bits per heavy atom. The van der Waals surface area contributed by atoms with E-state index in [1.165, 1.54) is 4.57 Å². The van der Waals surface area contributed by atoms with Gasteiger partial charge in [-0.2, -0.15) is 0 Å². The molecule has 0 saturated carbocycles. The summed E-state index contributed by atoms with van der Waals surface area (Å²) in [6.45, 7) is 4.62. The van der Waals surface area contributed by atoms with Crippen LogP contribution in [0.15, 0.2) is 29.1 Å². The summed E-state index contributed by atoms with van der Waals surface area (Å²) in [5.74, 6) is 0.461. The number of anilines is 1. The highest BCUT2D eigenvalue weighted by Crippen LogP contribution is 2.16. The predicted molar refractivity (Wildman–Crippen MR) is 87.7 cm³/mol. The molecule has 7 heteroatoms. The number of nitrogens with one attached hydrogen (secondary N) is 1. The van der Waals surface area contributed by atoms with E-state index in [-0.39, 0.29) is 17.3 Å². The van der Waals surface area contributed by atoms with Gasteiger partial charge in [0.1, 0.15) is 18.9 Å². The first-order valence-electron chi connectivity index (χ1n) is 6.91. The van der Waals surface area contributed by atoms with Crippen LogP contribution in [0.1, 0.15) is 10.6 Å². The third-order valence-corrected chi connectivity index (χ3v) is 4.20. The summed E-state index contributed by atoms with van der Waals surface area (Å²) in [5.41, 5.74) is 6.85. The third kappa shape index (κ3) is 3.96. The van der Waals surface area contributed by atoms with Crippen LogP contribution >= 0.6 is 11.3 Å². The molecule has 0 aliphatic carbocycles. The van der Waals surface area contributed by atoms with E-state index in [9.17, 15) is 9.59 Å². The number of benzene rings is 1. The zero-order valence-corrected chi connectivity index (χ0v) is 13.4. The van der Waals surface area contributed by atoms with Crippen molar-refractivity contribution < 1.29 is 9.53 Å². The van der Waals surface area contributed by atoms with Gasteiger partial charge in [-0.1, -0.05) is 11.3 Å². The van der Waals surface area contributed by atoms with Crippen LogP contribution in [0.25, 0.3) is 0 Å². The van der Waals surface area contributed by atoms with E-state index >= 15 is 0 Å². The van der Waals surface area contributed by atoms with Crippen molar-refractivity contribution in [1.82, 2.24) is 4.57 Å². The summed E-state index contributed by atoms with van der Waals surface area (Å²) in [4.78, 5) is 24.6. The second kappa shape index (κ2) is 7.24. The maximum Gasteiger partial charge on any atom is 0.308 e. The first-order chi connectivity index (χ1) is 10.5. The van der Waals surface area contributed by atoms with Crippen LogP contribution in [0, 0.1) is 13.8 Å². The fraction of sp³-hybridized carbons (Fsp3) is 0.333. The van der Waals surface area contributed by atoms with Crippen molar-refractivity contribution in [1.29, 1.82) is 0 Å². The zero-order valence-electron chi connectivity index (χ0n) is 12.6.